The first-order valence-electron chi connectivity index (χ1n) is 6.50. The smallest absolute Gasteiger partial charge is 0.255 e. The summed E-state index contributed by atoms with van der Waals surface area (Å²) in [6, 6.07) is 11.9. The molecular formula is C16H17N3O2. The molecule has 0 radical (unpaired) electrons. The van der Waals surface area contributed by atoms with Crippen LogP contribution in [0.4, 0.5) is 11.4 Å². The summed E-state index contributed by atoms with van der Waals surface area (Å²) in [4.78, 5) is 23.6. The van der Waals surface area contributed by atoms with E-state index < -0.39 is 0 Å². The van der Waals surface area contributed by atoms with E-state index in [9.17, 15) is 9.59 Å². The van der Waals surface area contributed by atoms with Gasteiger partial charge in [-0.2, -0.15) is 0 Å². The third-order valence-electron chi connectivity index (χ3n) is 2.99. The van der Waals surface area contributed by atoms with Crippen LogP contribution in [0.1, 0.15) is 26.3 Å². The van der Waals surface area contributed by atoms with Crippen LogP contribution < -0.4 is 16.4 Å². The van der Waals surface area contributed by atoms with Gasteiger partial charge >= 0.3 is 0 Å². The Morgan fingerprint density at radius 3 is 2.19 bits per heavy atom. The molecule has 5 nitrogen and oxygen atoms in total. The largest absolute Gasteiger partial charge is 0.399 e. The molecule has 0 bridgehead atoms. The zero-order valence-electron chi connectivity index (χ0n) is 11.9. The number of carbonyl (C=O) groups excluding carboxylic acids is 2. The Balaban J connectivity index is 2.14. The van der Waals surface area contributed by atoms with Gasteiger partial charge in [-0.3, -0.25) is 9.59 Å². The van der Waals surface area contributed by atoms with E-state index in [-0.39, 0.29) is 11.8 Å². The van der Waals surface area contributed by atoms with E-state index in [0.29, 0.717) is 22.5 Å². The average Bonchev–Trinajstić information content (AvgIpc) is 2.46. The fraction of sp³-hybridized carbons (Fsp3) is 0.125. The highest BCUT2D eigenvalue weighted by molar-refractivity contribution is 6.05. The second kappa shape index (κ2) is 6.09. The number of nitrogen functional groups attached to an aromatic ring is 1. The number of nitrogens with two attached hydrogens (primary N) is 1. The van der Waals surface area contributed by atoms with Crippen LogP contribution >= 0.6 is 0 Å². The first-order chi connectivity index (χ1) is 9.99. The van der Waals surface area contributed by atoms with Crippen molar-refractivity contribution in [2.75, 3.05) is 18.1 Å². The van der Waals surface area contributed by atoms with Gasteiger partial charge in [0.25, 0.3) is 11.8 Å². The first-order valence-corrected chi connectivity index (χ1v) is 6.50. The summed E-state index contributed by atoms with van der Waals surface area (Å²) in [5, 5.41) is 5.31. The normalized spacial score (nSPS) is 10.0. The molecule has 2 rings (SSSR count). The van der Waals surface area contributed by atoms with Gasteiger partial charge in [-0.25, -0.2) is 0 Å². The molecule has 0 aliphatic carbocycles. The van der Waals surface area contributed by atoms with Crippen molar-refractivity contribution in [2.24, 2.45) is 0 Å². The van der Waals surface area contributed by atoms with Gasteiger partial charge in [0, 0.05) is 29.5 Å². The lowest BCUT2D eigenvalue weighted by Crippen LogP contribution is -2.18. The molecule has 2 aromatic rings. The molecule has 2 amide bonds. The van der Waals surface area contributed by atoms with Crippen LogP contribution in [0.15, 0.2) is 42.5 Å². The highest BCUT2D eigenvalue weighted by atomic mass is 16.2. The van der Waals surface area contributed by atoms with E-state index in [2.05, 4.69) is 10.6 Å². The van der Waals surface area contributed by atoms with Crippen molar-refractivity contribution < 1.29 is 9.59 Å². The lowest BCUT2D eigenvalue weighted by molar-refractivity contribution is 0.0962. The molecule has 0 unspecified atom stereocenters. The number of benzene rings is 2. The van der Waals surface area contributed by atoms with E-state index in [0.717, 1.165) is 5.56 Å². The minimum atomic E-state index is -0.238. The minimum Gasteiger partial charge on any atom is -0.399 e. The van der Waals surface area contributed by atoms with Crippen LogP contribution in [0.25, 0.3) is 0 Å². The van der Waals surface area contributed by atoms with Gasteiger partial charge in [-0.05, 0) is 55.0 Å². The number of nitrogens with one attached hydrogen (secondary N) is 2. The molecule has 2 aromatic carbocycles. The van der Waals surface area contributed by atoms with Crippen molar-refractivity contribution in [3.8, 4) is 0 Å². The van der Waals surface area contributed by atoms with Gasteiger partial charge in [0.1, 0.15) is 0 Å². The molecule has 0 atom stereocenters. The van der Waals surface area contributed by atoms with E-state index in [1.54, 1.807) is 49.5 Å². The Hall–Kier alpha value is -2.82. The van der Waals surface area contributed by atoms with E-state index in [1.165, 1.54) is 0 Å². The van der Waals surface area contributed by atoms with Crippen LogP contribution in [0, 0.1) is 6.92 Å². The number of aryl methyl sites for hydroxylation is 1. The van der Waals surface area contributed by atoms with Gasteiger partial charge < -0.3 is 16.4 Å². The van der Waals surface area contributed by atoms with Crippen LogP contribution in [0.2, 0.25) is 0 Å². The quantitative estimate of drug-likeness (QED) is 0.755. The molecule has 0 fully saturated rings. The monoisotopic (exact) mass is 283 g/mol. The Bertz CT molecular complexity index is 658. The molecule has 0 aliphatic heterocycles. The van der Waals surface area contributed by atoms with Crippen molar-refractivity contribution in [1.29, 1.82) is 0 Å². The zero-order chi connectivity index (χ0) is 15.4. The summed E-state index contributed by atoms with van der Waals surface area (Å²) in [7, 11) is 1.57. The fourth-order valence-corrected chi connectivity index (χ4v) is 2.00. The summed E-state index contributed by atoms with van der Waals surface area (Å²) in [5.41, 5.74) is 8.87. The van der Waals surface area contributed by atoms with Gasteiger partial charge in [-0.1, -0.05) is 0 Å². The molecular weight excluding hydrogens is 266 g/mol. The van der Waals surface area contributed by atoms with Crippen LogP contribution in [-0.4, -0.2) is 18.9 Å². The van der Waals surface area contributed by atoms with Crippen LogP contribution in [0.3, 0.4) is 0 Å². The molecule has 108 valence electrons. The Morgan fingerprint density at radius 1 is 0.952 bits per heavy atom. The third kappa shape index (κ3) is 3.60. The summed E-state index contributed by atoms with van der Waals surface area (Å²) in [6.07, 6.45) is 0. The lowest BCUT2D eigenvalue weighted by atomic mass is 10.1. The molecule has 0 aromatic heterocycles. The fourth-order valence-electron chi connectivity index (χ4n) is 2.00. The topological polar surface area (TPSA) is 84.2 Å². The molecule has 5 heteroatoms. The second-order valence-electron chi connectivity index (χ2n) is 4.74. The predicted molar refractivity (Wildman–Crippen MR) is 83.4 cm³/mol. The summed E-state index contributed by atoms with van der Waals surface area (Å²) < 4.78 is 0. The van der Waals surface area contributed by atoms with Crippen LogP contribution in [-0.2, 0) is 0 Å². The molecule has 0 saturated heterocycles. The number of hydrogen-bond acceptors (Lipinski definition) is 3. The maximum Gasteiger partial charge on any atom is 0.255 e. The SMILES string of the molecule is CNC(=O)c1ccc(NC(=O)c2cc(C)cc(N)c2)cc1. The molecule has 21 heavy (non-hydrogen) atoms. The van der Waals surface area contributed by atoms with Gasteiger partial charge in [0.05, 0.1) is 0 Å². The van der Waals surface area contributed by atoms with Crippen molar-refractivity contribution >= 4 is 23.2 Å². The molecule has 0 saturated carbocycles. The summed E-state index contributed by atoms with van der Waals surface area (Å²) in [6.45, 7) is 1.88. The zero-order valence-corrected chi connectivity index (χ0v) is 11.9. The number of amides is 2. The number of rotatable bonds is 3. The van der Waals surface area contributed by atoms with Crippen molar-refractivity contribution in [3.05, 3.63) is 59.2 Å². The van der Waals surface area contributed by atoms with E-state index in [4.69, 9.17) is 5.73 Å². The first kappa shape index (κ1) is 14.6. The average molecular weight is 283 g/mol. The minimum absolute atomic E-state index is 0.167. The number of hydrogen-bond donors (Lipinski definition) is 3. The Labute approximate surface area is 123 Å². The van der Waals surface area contributed by atoms with Crippen molar-refractivity contribution in [1.82, 2.24) is 5.32 Å². The summed E-state index contributed by atoms with van der Waals surface area (Å²) >= 11 is 0. The molecule has 0 spiro atoms. The standard InChI is InChI=1S/C16H17N3O2/c1-10-7-12(9-13(17)8-10)16(21)19-14-5-3-11(4-6-14)15(20)18-2/h3-9H,17H2,1-2H3,(H,18,20)(H,19,21). The Kier molecular flexibility index (Phi) is 4.23. The van der Waals surface area contributed by atoms with E-state index >= 15 is 0 Å². The third-order valence-corrected chi connectivity index (χ3v) is 2.99. The van der Waals surface area contributed by atoms with Crippen LogP contribution in [0.5, 0.6) is 0 Å². The molecule has 0 heterocycles. The predicted octanol–water partition coefficient (Wildman–Crippen LogP) is 2.19. The van der Waals surface area contributed by atoms with E-state index in [1.807, 2.05) is 6.92 Å². The van der Waals surface area contributed by atoms with Gasteiger partial charge in [0.2, 0.25) is 0 Å². The second-order valence-corrected chi connectivity index (χ2v) is 4.74. The van der Waals surface area contributed by atoms with Gasteiger partial charge in [0.15, 0.2) is 0 Å². The molecule has 0 aliphatic rings. The number of anilines is 2. The maximum absolute atomic E-state index is 12.1. The Morgan fingerprint density at radius 2 is 1.62 bits per heavy atom. The lowest BCUT2D eigenvalue weighted by Gasteiger charge is -2.08. The van der Waals surface area contributed by atoms with Crippen molar-refractivity contribution in [2.45, 2.75) is 6.92 Å². The highest BCUT2D eigenvalue weighted by Gasteiger charge is 2.08. The molecule has 4 N–H and O–H groups in total. The number of carbonyl (C=O) groups is 2. The maximum atomic E-state index is 12.1. The van der Waals surface area contributed by atoms with Gasteiger partial charge in [-0.15, -0.1) is 0 Å². The highest BCUT2D eigenvalue weighted by Crippen LogP contribution is 2.15. The summed E-state index contributed by atoms with van der Waals surface area (Å²) in [5.74, 6) is -0.405. The van der Waals surface area contributed by atoms with Crippen molar-refractivity contribution in [3.63, 3.8) is 0 Å².